The number of H-pyrrole nitrogens is 2. The highest BCUT2D eigenvalue weighted by Crippen LogP contribution is 2.48. The molecule has 0 bridgehead atoms. The third-order valence-electron chi connectivity index (χ3n) is 26.3. The maximum absolute atomic E-state index is 16.0. The Labute approximate surface area is 891 Å². The molecule has 14 aromatic heterocycles. The lowest BCUT2D eigenvalue weighted by Crippen LogP contribution is -2.51. The van der Waals surface area contributed by atoms with Crippen molar-refractivity contribution in [2.24, 2.45) is 0 Å². The van der Waals surface area contributed by atoms with Gasteiger partial charge in [-0.25, -0.2) is 69.4 Å². The van der Waals surface area contributed by atoms with Crippen molar-refractivity contribution < 1.29 is 60.8 Å². The molecule has 0 spiro atoms. The first-order valence-corrected chi connectivity index (χ1v) is 55.8. The van der Waals surface area contributed by atoms with Gasteiger partial charge < -0.3 is 48.2 Å². The minimum absolute atomic E-state index is 0.0174. The zero-order valence-corrected chi connectivity index (χ0v) is 94.8. The first kappa shape index (κ1) is 116. The van der Waals surface area contributed by atoms with Crippen molar-refractivity contribution in [2.75, 3.05) is 29.8 Å². The monoisotopic (exact) mass is 2190 g/mol. The summed E-state index contributed by atoms with van der Waals surface area (Å²) in [6.45, 7) is 50.8. The summed E-state index contributed by atoms with van der Waals surface area (Å²) in [5.74, 6) is 0.537. The molecule has 0 saturated heterocycles. The summed E-state index contributed by atoms with van der Waals surface area (Å²) >= 11 is 2.47. The molecule has 0 aliphatic heterocycles. The molecule has 0 radical (unpaired) electrons. The number of aromatic amines is 2. The van der Waals surface area contributed by atoms with Gasteiger partial charge in [0.05, 0.1) is 38.4 Å². The molecule has 28 nitrogen and oxygen atoms in total. The second-order valence-electron chi connectivity index (χ2n) is 41.2. The molecule has 5 N–H and O–H groups in total. The second-order valence-corrected chi connectivity index (χ2v) is 53.8. The van der Waals surface area contributed by atoms with Crippen LogP contribution in [0.15, 0.2) is 196 Å². The maximum atomic E-state index is 16.0. The van der Waals surface area contributed by atoms with Gasteiger partial charge >= 0.3 is 12.2 Å². The lowest BCUT2D eigenvalue weighted by molar-refractivity contribution is 0.0565. The first-order valence-electron chi connectivity index (χ1n) is 50.4. The third kappa shape index (κ3) is 28.8. The number of carbonyl (C=O) groups is 4. The van der Waals surface area contributed by atoms with E-state index in [1.54, 1.807) is 117 Å². The van der Waals surface area contributed by atoms with Crippen LogP contribution in [0.25, 0.3) is 44.1 Å². The molecular weight excluding hydrogens is 2050 g/mol. The van der Waals surface area contributed by atoms with Gasteiger partial charge in [-0.05, 0) is 273 Å². The highest BCUT2D eigenvalue weighted by atomic mass is 127. The number of pyridine rings is 8. The van der Waals surface area contributed by atoms with Gasteiger partial charge in [-0.1, -0.05) is 133 Å². The van der Waals surface area contributed by atoms with Crippen molar-refractivity contribution >= 4 is 125 Å². The number of aliphatic hydroxyl groups is 1. The minimum Gasteiger partial charge on any atom is -0.497 e. The van der Waals surface area contributed by atoms with Gasteiger partial charge in [-0.2, -0.15) is 17.6 Å². The molecule has 1 atom stereocenters. The number of aromatic nitrogens is 16. The predicted molar refractivity (Wildman–Crippen MR) is 599 cm³/mol. The molecule has 16 aromatic rings. The van der Waals surface area contributed by atoms with E-state index in [1.807, 2.05) is 121 Å². The van der Waals surface area contributed by atoms with Crippen LogP contribution in [-0.2, 0) is 61.1 Å². The van der Waals surface area contributed by atoms with E-state index in [4.69, 9.17) is 34.6 Å². The number of nitrogens with zero attached hydrogens (tertiary/aromatic N) is 16. The fourth-order valence-electron chi connectivity index (χ4n) is 19.4. The van der Waals surface area contributed by atoms with Gasteiger partial charge in [0.1, 0.15) is 80.5 Å². The van der Waals surface area contributed by atoms with Crippen molar-refractivity contribution in [1.29, 1.82) is 0 Å². The average Bonchev–Trinajstić information content (AvgIpc) is 1.57. The van der Waals surface area contributed by atoms with Crippen LogP contribution in [0.5, 0.6) is 11.5 Å². The van der Waals surface area contributed by atoms with Crippen LogP contribution in [-0.4, -0.2) is 150 Å². The van der Waals surface area contributed by atoms with E-state index in [2.05, 4.69) is 199 Å². The molecule has 14 heterocycles. The zero-order valence-electron chi connectivity index (χ0n) is 90.7. The summed E-state index contributed by atoms with van der Waals surface area (Å²) in [4.78, 5) is 106. The molecule has 0 fully saturated rings. The third-order valence-corrected chi connectivity index (χ3v) is 40.6. The number of hydrogen-bond acceptors (Lipinski definition) is 22. The summed E-state index contributed by atoms with van der Waals surface area (Å²) in [5, 5.41) is 16.0. The molecule has 150 heavy (non-hydrogen) atoms. The first-order chi connectivity index (χ1) is 71.1. The number of aryl methyl sites for hydroxylation is 8. The zero-order chi connectivity index (χ0) is 110. The number of carbonyl (C=O) groups excluding carboxylic acids is 4. The molecule has 792 valence electrons. The molecular formula is C115H140F4IN19O9Si2. The number of aldehydes is 2. The van der Waals surface area contributed by atoms with Crippen LogP contribution < -0.4 is 25.0 Å². The number of rotatable bonds is 29. The van der Waals surface area contributed by atoms with E-state index in [1.165, 1.54) is 60.6 Å². The van der Waals surface area contributed by atoms with Crippen molar-refractivity contribution in [3.05, 3.63) is 324 Å². The van der Waals surface area contributed by atoms with Gasteiger partial charge in [-0.3, -0.25) is 19.4 Å². The lowest BCUT2D eigenvalue weighted by atomic mass is 10.0. The van der Waals surface area contributed by atoms with Gasteiger partial charge in [-0.15, -0.1) is 0 Å². The Kier molecular flexibility index (Phi) is 40.0. The van der Waals surface area contributed by atoms with E-state index >= 15 is 4.39 Å². The maximum Gasteiger partial charge on any atom is 0.416 e. The van der Waals surface area contributed by atoms with Gasteiger partial charge in [0.2, 0.25) is 23.8 Å². The Bertz CT molecular complexity index is 7250. The number of nitrogens with two attached hydrogens (primary N) is 1. The van der Waals surface area contributed by atoms with Crippen molar-refractivity contribution in [1.82, 2.24) is 78.2 Å². The molecule has 0 saturated carbocycles. The molecule has 2 aromatic carbocycles. The van der Waals surface area contributed by atoms with Crippen LogP contribution in [0.2, 0.25) is 33.2 Å². The molecule has 0 aliphatic rings. The van der Waals surface area contributed by atoms with E-state index in [0.29, 0.717) is 92.5 Å². The van der Waals surface area contributed by atoms with Gasteiger partial charge in [0.25, 0.3) is 0 Å². The van der Waals surface area contributed by atoms with Crippen LogP contribution in [0, 0.1) is 55.1 Å². The number of benzene rings is 2. The number of nitrogens with one attached hydrogen (secondary N) is 2. The van der Waals surface area contributed by atoms with Crippen LogP contribution in [0.1, 0.15) is 255 Å². The number of amides is 2. The SMILES string of the molecule is CCc1ncc(C=O)cn1.CCc1ncc(CCc2ccc(Cc3c[nH]c4ncc(C)cc34)c(F)n2)cn1.COc1ccc(CN(C(=O)OC(C)(C)C)c2ccc(C(O)c3cn([Si](C(C)C)(C(C)C)C(C)C)c4ncc(C)cc34)c(F)n2)cc1.COc1ccc(CN(C(=O)OC(C)(C)C)c2ccc(C=O)c(F)n2)cc1.Cc1cnc2[nH]cc(Cc3ccc(N)nc3F)c2c1.Cc1cnc2c(c1)c(I)cn2[Si](C(C)C)(C(C)C)C(C)C. The number of nitrogen functional groups attached to an aromatic ring is 1. The van der Waals surface area contributed by atoms with E-state index in [9.17, 15) is 37.5 Å². The molecule has 16 rings (SSSR count). The second kappa shape index (κ2) is 51.5. The lowest BCUT2D eigenvalue weighted by Gasteiger charge is -2.44. The number of anilines is 3. The van der Waals surface area contributed by atoms with Crippen LogP contribution in [0.4, 0.5) is 44.6 Å². The van der Waals surface area contributed by atoms with Crippen molar-refractivity contribution in [3.8, 4) is 11.5 Å². The summed E-state index contributed by atoms with van der Waals surface area (Å²) < 4.78 is 85.9. The highest BCUT2D eigenvalue weighted by Gasteiger charge is 2.48. The average molecular weight is 2190 g/mol. The number of fused-ring (bicyclic) bond motifs is 4. The topological polar surface area (TPSA) is 354 Å². The largest absolute Gasteiger partial charge is 0.497 e. The number of methoxy groups -OCH3 is 2. The fourth-order valence-corrected chi connectivity index (χ4v) is 33.5. The van der Waals surface area contributed by atoms with Gasteiger partial charge in [0, 0.05) is 153 Å². The summed E-state index contributed by atoms with van der Waals surface area (Å²) in [5.41, 5.74) is 22.5. The summed E-state index contributed by atoms with van der Waals surface area (Å²) in [6.07, 6.45) is 24.8. The Morgan fingerprint density at radius 3 is 1.27 bits per heavy atom. The summed E-state index contributed by atoms with van der Waals surface area (Å²) in [6, 6.07) is 35.4. The Balaban J connectivity index is 0.000000179. The standard InChI is InChI=1S/C36H49FN4O4Si.C22H22FN5.C19H21FN2O4.C17H27IN2Si.C14H13FN4.C7H8N2O/c1-22(2)46(23(3)4,24(5)6)41-21-30(29-18-25(7)19-38-34(29)41)32(42)28-16-17-31(39-33(28)37)40(35(43)45-36(8,9)10)20-26-12-14-27(44-11)15-13-26;1-3-20-24-11-15(12-25-20)4-6-18-7-5-16(21(23)28-18)9-17-13-27-22-19(17)8-14(2)10-26-22;1-19(2,3)26-18(24)22(11-13-5-8-15(25-4)9-6-13)16-10-7-14(12-23)17(20)21-16;1-11(2)21(12(3)4,13(5)6)20-10-16(18)15-8-14(7)9-19-17(15)20;1-8-4-11-10(7-18-14(11)17-6-8)5-9-2-3-12(16)19-13(9)15;1-2-7-8-3-6(5-10)4-9-7/h12-19,21-24,32,42H,20H2,1-11H3;5,7-8,10-13H,3-4,6,9H2,1-2H3,(H,26,27);5-10,12H,11H2,1-4H3;8-13H,1-7H3;2-4,6-7H,5H2,1H3,(H2,16,19)(H,17,18);3-5H,2H2,1H3. The van der Waals surface area contributed by atoms with Gasteiger partial charge in [0.15, 0.2) is 29.0 Å². The predicted octanol–water partition coefficient (Wildman–Crippen LogP) is 26.5. The normalized spacial score (nSPS) is 11.9. The highest BCUT2D eigenvalue weighted by molar-refractivity contribution is 14.1. The fraction of sp³-hybridized carbons (Fsp3) is 0.374. The molecule has 1 unspecified atom stereocenters. The molecule has 2 amide bonds. The smallest absolute Gasteiger partial charge is 0.416 e. The minimum atomic E-state index is -2.26. The van der Waals surface area contributed by atoms with Crippen molar-refractivity contribution in [3.63, 3.8) is 0 Å². The summed E-state index contributed by atoms with van der Waals surface area (Å²) in [7, 11) is -0.833. The van der Waals surface area contributed by atoms with E-state index < -0.39 is 69.8 Å². The van der Waals surface area contributed by atoms with Crippen LogP contribution >= 0.6 is 22.6 Å². The van der Waals surface area contributed by atoms with Crippen LogP contribution in [0.3, 0.4) is 0 Å². The number of ether oxygens (including phenoxy) is 4. The Morgan fingerprint density at radius 1 is 0.453 bits per heavy atom. The number of aliphatic hydroxyl groups excluding tert-OH is 1. The van der Waals surface area contributed by atoms with E-state index in [-0.39, 0.29) is 41.7 Å². The van der Waals surface area contributed by atoms with E-state index in [0.717, 1.165) is 120 Å². The molecule has 0 aliphatic carbocycles. The van der Waals surface area contributed by atoms with Crippen molar-refractivity contribution in [2.45, 2.75) is 268 Å². The molecule has 35 heteroatoms. The Hall–Kier alpha value is -13.9. The Morgan fingerprint density at radius 2 is 0.860 bits per heavy atom. The number of halogens is 5. The number of hydrogen-bond donors (Lipinski definition) is 4. The quantitative estimate of drug-likeness (QED) is 0.0111.